The van der Waals surface area contributed by atoms with Gasteiger partial charge < -0.3 is 10.9 Å². The van der Waals surface area contributed by atoms with E-state index in [1.54, 1.807) is 24.3 Å². The highest BCUT2D eigenvalue weighted by molar-refractivity contribution is 6.01. The first-order valence-electron chi connectivity index (χ1n) is 6.93. The molecule has 7 heteroatoms. The Morgan fingerprint density at radius 2 is 1.70 bits per heavy atom. The second-order valence-electron chi connectivity index (χ2n) is 4.79. The number of carboxylic acid groups (broad SMARTS) is 1. The normalized spacial score (nSPS) is 12.4. The summed E-state index contributed by atoms with van der Waals surface area (Å²) in [5.74, 6) is 4.07. The number of nitrogens with zero attached hydrogens (tertiary/aromatic N) is 3. The summed E-state index contributed by atoms with van der Waals surface area (Å²) < 4.78 is 0. The quantitative estimate of drug-likeness (QED) is 0.258. The number of benzene rings is 2. The second-order valence-corrected chi connectivity index (χ2v) is 4.79. The van der Waals surface area contributed by atoms with Crippen LogP contribution in [0, 0.1) is 5.53 Å². The van der Waals surface area contributed by atoms with E-state index in [1.165, 1.54) is 4.90 Å². The number of carboxylic acids is 1. The van der Waals surface area contributed by atoms with Crippen LogP contribution in [-0.4, -0.2) is 23.1 Å². The molecule has 0 heterocycles. The summed E-state index contributed by atoms with van der Waals surface area (Å²) in [7, 11) is 0. The highest BCUT2D eigenvalue weighted by atomic mass is 16.4. The first-order chi connectivity index (χ1) is 11.2. The van der Waals surface area contributed by atoms with Gasteiger partial charge in [0.25, 0.3) is 5.96 Å². The number of guanidine groups is 1. The molecule has 0 saturated heterocycles. The Labute approximate surface area is 133 Å². The van der Waals surface area contributed by atoms with Gasteiger partial charge in [-0.25, -0.2) is 10.3 Å². The van der Waals surface area contributed by atoms with Crippen LogP contribution in [0.1, 0.15) is 5.56 Å². The van der Waals surface area contributed by atoms with Crippen LogP contribution in [0.4, 0.5) is 5.69 Å². The molecule has 2 aromatic carbocycles. The Kier molecular flexibility index (Phi) is 5.40. The molecule has 23 heavy (non-hydrogen) atoms. The number of nitrogens with two attached hydrogens (primary N) is 1. The lowest BCUT2D eigenvalue weighted by Crippen LogP contribution is -2.46. The zero-order valence-electron chi connectivity index (χ0n) is 12.3. The second kappa shape index (κ2) is 7.69. The minimum atomic E-state index is -1.05. The van der Waals surface area contributed by atoms with Gasteiger partial charge in [-0.15, -0.1) is 10.2 Å². The largest absolute Gasteiger partial charge is 0.480 e. The first-order valence-corrected chi connectivity index (χ1v) is 6.93. The van der Waals surface area contributed by atoms with Crippen LogP contribution >= 0.6 is 0 Å². The van der Waals surface area contributed by atoms with Gasteiger partial charge in [-0.1, -0.05) is 48.5 Å². The lowest BCUT2D eigenvalue weighted by molar-refractivity contribution is -0.138. The monoisotopic (exact) mass is 311 g/mol. The number of para-hydroxylation sites is 1. The molecule has 7 nitrogen and oxygen atoms in total. The van der Waals surface area contributed by atoms with Crippen LogP contribution < -0.4 is 10.7 Å². The van der Waals surface area contributed by atoms with E-state index < -0.39 is 12.0 Å². The Morgan fingerprint density at radius 3 is 2.17 bits per heavy atom. The zero-order valence-corrected chi connectivity index (χ0v) is 12.3. The molecular formula is C16H17N5O2. The van der Waals surface area contributed by atoms with E-state index >= 15 is 0 Å². The number of nitrogens with one attached hydrogen (secondary N) is 1. The molecule has 2 aromatic rings. The molecule has 2 rings (SSSR count). The molecule has 0 aliphatic rings. The summed E-state index contributed by atoms with van der Waals surface area (Å²) in [6.07, 6.45) is 0.222. The molecule has 0 amide bonds. The van der Waals surface area contributed by atoms with E-state index in [1.807, 2.05) is 36.4 Å². The van der Waals surface area contributed by atoms with Crippen LogP contribution in [0.15, 0.2) is 70.9 Å². The van der Waals surface area contributed by atoms with Gasteiger partial charge in [-0.2, -0.15) is 0 Å². The van der Waals surface area contributed by atoms with Gasteiger partial charge in [0.15, 0.2) is 0 Å². The molecule has 0 aliphatic heterocycles. The maximum atomic E-state index is 11.8. The molecule has 4 N–H and O–H groups in total. The van der Waals surface area contributed by atoms with E-state index in [0.717, 1.165) is 5.56 Å². The van der Waals surface area contributed by atoms with Crippen molar-refractivity contribution < 1.29 is 9.90 Å². The van der Waals surface area contributed by atoms with Crippen molar-refractivity contribution >= 4 is 17.6 Å². The average Bonchev–Trinajstić information content (AvgIpc) is 2.59. The minimum Gasteiger partial charge on any atom is -0.480 e. The van der Waals surface area contributed by atoms with E-state index in [9.17, 15) is 9.90 Å². The third-order valence-corrected chi connectivity index (χ3v) is 3.33. The third kappa shape index (κ3) is 3.91. The lowest BCUT2D eigenvalue weighted by Gasteiger charge is -2.29. The predicted octanol–water partition coefficient (Wildman–Crippen LogP) is 2.45. The maximum Gasteiger partial charge on any atom is 0.327 e. The molecule has 118 valence electrons. The molecular weight excluding hydrogens is 294 g/mol. The summed E-state index contributed by atoms with van der Waals surface area (Å²) in [6, 6.07) is 17.0. The van der Waals surface area contributed by atoms with Crippen molar-refractivity contribution in [2.75, 3.05) is 4.90 Å². The number of carbonyl (C=O) groups is 1. The summed E-state index contributed by atoms with van der Waals surface area (Å²) in [5.41, 5.74) is 8.63. The van der Waals surface area contributed by atoms with Crippen molar-refractivity contribution in [3.63, 3.8) is 0 Å². The molecule has 0 unspecified atom stereocenters. The van der Waals surface area contributed by atoms with E-state index in [-0.39, 0.29) is 12.4 Å². The van der Waals surface area contributed by atoms with Crippen molar-refractivity contribution in [3.8, 4) is 0 Å². The summed E-state index contributed by atoms with van der Waals surface area (Å²) in [5, 5.41) is 16.4. The van der Waals surface area contributed by atoms with Gasteiger partial charge in [-0.3, -0.25) is 4.90 Å². The number of aliphatic carboxylic acids is 1. The topological polar surface area (TPSA) is 115 Å². The number of rotatable bonds is 5. The molecule has 0 bridgehead atoms. The third-order valence-electron chi connectivity index (χ3n) is 3.33. The van der Waals surface area contributed by atoms with Gasteiger partial charge in [0.1, 0.15) is 6.04 Å². The fraction of sp³-hybridized carbons (Fsp3) is 0.125. The van der Waals surface area contributed by atoms with Crippen LogP contribution in [0.25, 0.3) is 0 Å². The van der Waals surface area contributed by atoms with Crippen molar-refractivity contribution in [1.82, 2.24) is 0 Å². The van der Waals surface area contributed by atoms with E-state index in [0.29, 0.717) is 5.69 Å². The van der Waals surface area contributed by atoms with Gasteiger partial charge >= 0.3 is 5.97 Å². The molecule has 0 aliphatic carbocycles. The van der Waals surface area contributed by atoms with Gasteiger partial charge in [0, 0.05) is 12.1 Å². The van der Waals surface area contributed by atoms with Gasteiger partial charge in [-0.05, 0) is 17.7 Å². The Balaban J connectivity index is 2.45. The Bertz CT molecular complexity index is 688. The smallest absolute Gasteiger partial charge is 0.327 e. The maximum absolute atomic E-state index is 11.8. The fourth-order valence-corrected chi connectivity index (χ4v) is 2.29. The van der Waals surface area contributed by atoms with Gasteiger partial charge in [0.2, 0.25) is 0 Å². The van der Waals surface area contributed by atoms with Crippen molar-refractivity contribution in [3.05, 3.63) is 66.2 Å². The highest BCUT2D eigenvalue weighted by Crippen LogP contribution is 2.21. The lowest BCUT2D eigenvalue weighted by atomic mass is 10.0. The van der Waals surface area contributed by atoms with Gasteiger partial charge in [0.05, 0.1) is 0 Å². The highest BCUT2D eigenvalue weighted by Gasteiger charge is 2.30. The summed E-state index contributed by atoms with van der Waals surface area (Å²) in [4.78, 5) is 13.2. The minimum absolute atomic E-state index is 0.167. The predicted molar refractivity (Wildman–Crippen MR) is 87.3 cm³/mol. The van der Waals surface area contributed by atoms with E-state index in [4.69, 9.17) is 11.4 Å². The fourth-order valence-electron chi connectivity index (χ4n) is 2.29. The number of anilines is 1. The van der Waals surface area contributed by atoms with Crippen molar-refractivity contribution in [2.24, 2.45) is 16.1 Å². The molecule has 0 radical (unpaired) electrons. The molecule has 0 aromatic heterocycles. The average molecular weight is 311 g/mol. The standard InChI is InChI=1S/C16H17N5O2/c17-19-16(20-18)21(13-9-5-2-6-10-13)14(15(22)23)11-12-7-3-1-4-8-12/h1-10,14,17H,11,18H2,(H,22,23)/t14-/m0/s1. The van der Waals surface area contributed by atoms with Crippen molar-refractivity contribution in [2.45, 2.75) is 12.5 Å². The van der Waals surface area contributed by atoms with E-state index in [2.05, 4.69) is 10.2 Å². The summed E-state index contributed by atoms with van der Waals surface area (Å²) >= 11 is 0. The molecule has 0 fully saturated rings. The molecule has 0 saturated carbocycles. The number of hydrogen-bond acceptors (Lipinski definition) is 4. The van der Waals surface area contributed by atoms with Crippen LogP contribution in [-0.2, 0) is 11.2 Å². The van der Waals surface area contributed by atoms with Crippen LogP contribution in [0.3, 0.4) is 0 Å². The van der Waals surface area contributed by atoms with Crippen LogP contribution in [0.5, 0.6) is 0 Å². The van der Waals surface area contributed by atoms with Crippen LogP contribution in [0.2, 0.25) is 0 Å². The SMILES string of the molecule is N=NC(=NN)N(c1ccccc1)[C@@H](Cc1ccccc1)C(=O)O. The zero-order chi connectivity index (χ0) is 16.7. The number of hydrazone groups is 1. The molecule has 1 atom stereocenters. The Morgan fingerprint density at radius 1 is 1.13 bits per heavy atom. The first kappa shape index (κ1) is 16.2. The Hall–Kier alpha value is -3.22. The molecule has 0 spiro atoms. The van der Waals surface area contributed by atoms with Crippen molar-refractivity contribution in [1.29, 1.82) is 5.53 Å². The number of hydrogen-bond donors (Lipinski definition) is 3. The summed E-state index contributed by atoms with van der Waals surface area (Å²) in [6.45, 7) is 0.